The first-order chi connectivity index (χ1) is 6.61. The first kappa shape index (κ1) is 10.2. The number of aromatic nitrogens is 2. The van der Waals surface area contributed by atoms with Crippen LogP contribution in [-0.4, -0.2) is 14.7 Å². The first-order valence-electron chi connectivity index (χ1n) is 5.05. The summed E-state index contributed by atoms with van der Waals surface area (Å²) in [4.78, 5) is 4.46. The molecular weight excluding hydrogens is 244 g/mol. The number of nitrogens with zero attached hydrogens (tertiary/aromatic N) is 2. The van der Waals surface area contributed by atoms with Crippen molar-refractivity contribution in [2.45, 2.75) is 45.3 Å². The minimum absolute atomic E-state index is 0.354. The topological polar surface area (TPSA) is 38.0 Å². The average Bonchev–Trinajstić information content (AvgIpc) is 2.46. The summed E-state index contributed by atoms with van der Waals surface area (Å²) in [5, 5.41) is 9.91. The number of aliphatic hydroxyl groups is 1. The Morgan fingerprint density at radius 2 is 2.29 bits per heavy atom. The van der Waals surface area contributed by atoms with Gasteiger partial charge in [-0.05, 0) is 35.2 Å². The molecule has 1 atom stereocenters. The third-order valence-corrected chi connectivity index (χ3v) is 3.31. The Labute approximate surface area is 92.3 Å². The molecule has 1 aromatic heterocycles. The normalized spacial score (nSPS) is 21.4. The van der Waals surface area contributed by atoms with Crippen LogP contribution in [0.25, 0.3) is 0 Å². The second kappa shape index (κ2) is 3.66. The predicted octanol–water partition coefficient (Wildman–Crippen LogP) is 2.60. The van der Waals surface area contributed by atoms with Crippen LogP contribution in [0.1, 0.15) is 50.4 Å². The fourth-order valence-corrected chi connectivity index (χ4v) is 2.57. The van der Waals surface area contributed by atoms with Crippen LogP contribution < -0.4 is 0 Å². The predicted molar refractivity (Wildman–Crippen MR) is 58.2 cm³/mol. The molecule has 1 N–H and O–H groups in total. The van der Waals surface area contributed by atoms with Crippen LogP contribution in [0, 0.1) is 0 Å². The van der Waals surface area contributed by atoms with Crippen molar-refractivity contribution in [1.29, 1.82) is 0 Å². The van der Waals surface area contributed by atoms with E-state index in [1.807, 2.05) is 4.57 Å². The third-order valence-electron chi connectivity index (χ3n) is 2.68. The Balaban J connectivity index is 2.53. The molecule has 0 aromatic carbocycles. The zero-order valence-corrected chi connectivity index (χ0v) is 10.1. The zero-order valence-electron chi connectivity index (χ0n) is 8.50. The fourth-order valence-electron chi connectivity index (χ4n) is 2.00. The summed E-state index contributed by atoms with van der Waals surface area (Å²) in [5.74, 6) is 1.34. The van der Waals surface area contributed by atoms with E-state index in [1.165, 1.54) is 0 Å². The minimum Gasteiger partial charge on any atom is -0.373 e. The summed E-state index contributed by atoms with van der Waals surface area (Å²) in [5.41, 5.74) is 1.15. The molecule has 0 bridgehead atoms. The van der Waals surface area contributed by atoms with Crippen molar-refractivity contribution in [1.82, 2.24) is 9.55 Å². The Morgan fingerprint density at radius 3 is 2.93 bits per heavy atom. The Bertz CT molecular complexity index is 346. The molecule has 0 saturated heterocycles. The summed E-state index contributed by atoms with van der Waals surface area (Å²) in [6.45, 7) is 4.20. The maximum Gasteiger partial charge on any atom is 0.132 e. The van der Waals surface area contributed by atoms with Gasteiger partial charge in [0.1, 0.15) is 16.7 Å². The number of hydrogen-bond acceptors (Lipinski definition) is 2. The van der Waals surface area contributed by atoms with Crippen molar-refractivity contribution in [3.63, 3.8) is 0 Å². The van der Waals surface area contributed by atoms with Crippen LogP contribution in [0.2, 0.25) is 0 Å². The van der Waals surface area contributed by atoms with E-state index in [-0.39, 0.29) is 6.23 Å². The van der Waals surface area contributed by atoms with E-state index in [4.69, 9.17) is 0 Å². The van der Waals surface area contributed by atoms with Gasteiger partial charge in [-0.15, -0.1) is 0 Å². The lowest BCUT2D eigenvalue weighted by Gasteiger charge is -2.23. The van der Waals surface area contributed by atoms with Gasteiger partial charge in [0.15, 0.2) is 0 Å². The Hall–Kier alpha value is -0.350. The molecule has 0 spiro atoms. The highest BCUT2D eigenvalue weighted by Crippen LogP contribution is 2.32. The zero-order chi connectivity index (χ0) is 10.3. The summed E-state index contributed by atoms with van der Waals surface area (Å²) in [6.07, 6.45) is 2.52. The Morgan fingerprint density at radius 1 is 1.57 bits per heavy atom. The molecule has 1 aliphatic rings. The molecule has 1 unspecified atom stereocenters. The summed E-state index contributed by atoms with van der Waals surface area (Å²) in [7, 11) is 0. The lowest BCUT2D eigenvalue weighted by Crippen LogP contribution is -2.19. The van der Waals surface area contributed by atoms with Crippen LogP contribution in [0.5, 0.6) is 0 Å². The molecule has 1 aromatic rings. The van der Waals surface area contributed by atoms with Crippen molar-refractivity contribution < 1.29 is 5.11 Å². The van der Waals surface area contributed by atoms with Crippen LogP contribution >= 0.6 is 15.9 Å². The lowest BCUT2D eigenvalue weighted by molar-refractivity contribution is 0.0749. The summed E-state index contributed by atoms with van der Waals surface area (Å²) in [6, 6.07) is 0. The minimum atomic E-state index is -0.380. The molecule has 78 valence electrons. The van der Waals surface area contributed by atoms with E-state index in [9.17, 15) is 5.11 Å². The van der Waals surface area contributed by atoms with Gasteiger partial charge >= 0.3 is 0 Å². The molecule has 4 heteroatoms. The summed E-state index contributed by atoms with van der Waals surface area (Å²) < 4.78 is 2.89. The largest absolute Gasteiger partial charge is 0.373 e. The van der Waals surface area contributed by atoms with Gasteiger partial charge < -0.3 is 9.67 Å². The third kappa shape index (κ3) is 1.50. The van der Waals surface area contributed by atoms with Crippen molar-refractivity contribution in [2.75, 3.05) is 0 Å². The van der Waals surface area contributed by atoms with E-state index in [1.54, 1.807) is 0 Å². The summed E-state index contributed by atoms with van der Waals surface area (Å²) >= 11 is 3.46. The number of rotatable bonds is 1. The van der Waals surface area contributed by atoms with Gasteiger partial charge in [0.05, 0.1) is 5.69 Å². The molecular formula is C10H15BrN2O. The standard InChI is InChI=1S/C10H15BrN2O/c1-6(2)10-12-9(11)7-4-3-5-8(14)13(7)10/h6,8,14H,3-5H2,1-2H3. The molecule has 0 fully saturated rings. The number of fused-ring (bicyclic) bond motifs is 1. The van der Waals surface area contributed by atoms with E-state index < -0.39 is 0 Å². The maximum absolute atomic E-state index is 9.91. The average molecular weight is 259 g/mol. The molecule has 2 heterocycles. The SMILES string of the molecule is CC(C)c1nc(Br)c2n1C(O)CCC2. The second-order valence-corrected chi connectivity index (χ2v) is 4.86. The number of aliphatic hydroxyl groups excluding tert-OH is 1. The van der Waals surface area contributed by atoms with Crippen molar-refractivity contribution >= 4 is 15.9 Å². The van der Waals surface area contributed by atoms with Gasteiger partial charge in [0.2, 0.25) is 0 Å². The number of hydrogen-bond donors (Lipinski definition) is 1. The monoisotopic (exact) mass is 258 g/mol. The van der Waals surface area contributed by atoms with E-state index in [2.05, 4.69) is 34.8 Å². The number of halogens is 1. The second-order valence-electron chi connectivity index (χ2n) is 4.11. The van der Waals surface area contributed by atoms with Gasteiger partial charge in [0.25, 0.3) is 0 Å². The van der Waals surface area contributed by atoms with Gasteiger partial charge in [-0.25, -0.2) is 4.98 Å². The van der Waals surface area contributed by atoms with Crippen LogP contribution in [0.3, 0.4) is 0 Å². The fraction of sp³-hybridized carbons (Fsp3) is 0.700. The molecule has 0 radical (unpaired) electrons. The van der Waals surface area contributed by atoms with Gasteiger partial charge in [0, 0.05) is 5.92 Å². The Kier molecular flexibility index (Phi) is 2.66. The molecule has 14 heavy (non-hydrogen) atoms. The van der Waals surface area contributed by atoms with Gasteiger partial charge in [-0.2, -0.15) is 0 Å². The molecule has 0 amide bonds. The van der Waals surface area contributed by atoms with Crippen LogP contribution in [0.15, 0.2) is 4.60 Å². The van der Waals surface area contributed by atoms with E-state index in [0.29, 0.717) is 5.92 Å². The number of imidazole rings is 1. The van der Waals surface area contributed by atoms with Crippen molar-refractivity contribution in [3.05, 3.63) is 16.1 Å². The molecule has 0 saturated carbocycles. The molecule has 3 nitrogen and oxygen atoms in total. The van der Waals surface area contributed by atoms with E-state index in [0.717, 1.165) is 35.4 Å². The highest BCUT2D eigenvalue weighted by molar-refractivity contribution is 9.10. The van der Waals surface area contributed by atoms with Crippen molar-refractivity contribution in [2.24, 2.45) is 0 Å². The van der Waals surface area contributed by atoms with Gasteiger partial charge in [-0.3, -0.25) is 0 Å². The smallest absolute Gasteiger partial charge is 0.132 e. The lowest BCUT2D eigenvalue weighted by atomic mass is 10.1. The van der Waals surface area contributed by atoms with Crippen molar-refractivity contribution in [3.8, 4) is 0 Å². The highest BCUT2D eigenvalue weighted by Gasteiger charge is 2.25. The first-order valence-corrected chi connectivity index (χ1v) is 5.85. The van der Waals surface area contributed by atoms with E-state index >= 15 is 0 Å². The maximum atomic E-state index is 9.91. The van der Waals surface area contributed by atoms with Crippen LogP contribution in [0.4, 0.5) is 0 Å². The molecule has 1 aliphatic heterocycles. The quantitative estimate of drug-likeness (QED) is 0.841. The molecule has 0 aliphatic carbocycles. The van der Waals surface area contributed by atoms with Crippen LogP contribution in [-0.2, 0) is 6.42 Å². The highest BCUT2D eigenvalue weighted by atomic mass is 79.9. The molecule has 2 rings (SSSR count). The van der Waals surface area contributed by atoms with Gasteiger partial charge in [-0.1, -0.05) is 13.8 Å².